The van der Waals surface area contributed by atoms with Crippen molar-refractivity contribution in [2.75, 3.05) is 11.9 Å². The van der Waals surface area contributed by atoms with Gasteiger partial charge in [0.2, 0.25) is 5.13 Å². The molecule has 0 atom stereocenters. The molecule has 8 heteroatoms. The summed E-state index contributed by atoms with van der Waals surface area (Å²) in [6.45, 7) is 1.75. The topological polar surface area (TPSA) is 64.1 Å². The maximum Gasteiger partial charge on any atom is 0.264 e. The summed E-state index contributed by atoms with van der Waals surface area (Å²) in [6, 6.07) is 12.8. The van der Waals surface area contributed by atoms with Crippen molar-refractivity contribution in [3.05, 3.63) is 68.6 Å². The van der Waals surface area contributed by atoms with E-state index >= 15 is 0 Å². The number of nitrogens with zero attached hydrogens (tertiary/aromatic N) is 2. The number of benzene rings is 2. The molecule has 0 unspecified atom stereocenters. The van der Waals surface area contributed by atoms with Crippen LogP contribution in [0.2, 0.25) is 10.0 Å². The van der Waals surface area contributed by atoms with E-state index in [0.29, 0.717) is 27.3 Å². The Morgan fingerprint density at radius 1 is 1.12 bits per heavy atom. The molecule has 0 bridgehead atoms. The standard InChI is InChI=1S/C18H15Cl2N3O2S/c1-11-8-14(20)6-7-15(11)25-10-16(24)21-18-23-22-17(26-18)9-12-2-4-13(19)5-3-12/h2-8H,9-10H2,1H3,(H,21,23,24). The predicted molar refractivity (Wildman–Crippen MR) is 104 cm³/mol. The third kappa shape index (κ3) is 5.17. The first-order valence-electron chi connectivity index (χ1n) is 7.75. The molecular weight excluding hydrogens is 393 g/mol. The van der Waals surface area contributed by atoms with Crippen molar-refractivity contribution in [1.82, 2.24) is 10.2 Å². The molecule has 1 amide bonds. The number of hydrogen-bond acceptors (Lipinski definition) is 5. The lowest BCUT2D eigenvalue weighted by molar-refractivity contribution is -0.118. The summed E-state index contributed by atoms with van der Waals surface area (Å²) in [5.41, 5.74) is 1.94. The van der Waals surface area contributed by atoms with Gasteiger partial charge in [-0.15, -0.1) is 10.2 Å². The summed E-state index contributed by atoms with van der Waals surface area (Å²) < 4.78 is 5.51. The number of aryl methyl sites for hydroxylation is 1. The van der Waals surface area contributed by atoms with Crippen LogP contribution in [0, 0.1) is 6.92 Å². The largest absolute Gasteiger partial charge is 0.483 e. The molecule has 0 fully saturated rings. The van der Waals surface area contributed by atoms with Crippen molar-refractivity contribution < 1.29 is 9.53 Å². The van der Waals surface area contributed by atoms with Crippen molar-refractivity contribution in [2.45, 2.75) is 13.3 Å². The summed E-state index contributed by atoms with van der Waals surface area (Å²) in [7, 11) is 0. The molecule has 3 aromatic rings. The number of rotatable bonds is 6. The van der Waals surface area contributed by atoms with Gasteiger partial charge >= 0.3 is 0 Å². The minimum absolute atomic E-state index is 0.116. The van der Waals surface area contributed by atoms with Crippen LogP contribution in [0.5, 0.6) is 5.75 Å². The normalized spacial score (nSPS) is 10.6. The van der Waals surface area contributed by atoms with Crippen LogP contribution in [0.3, 0.4) is 0 Å². The number of nitrogens with one attached hydrogen (secondary N) is 1. The van der Waals surface area contributed by atoms with Crippen LogP contribution in [-0.2, 0) is 11.2 Å². The molecule has 0 aliphatic rings. The van der Waals surface area contributed by atoms with Crippen LogP contribution >= 0.6 is 34.5 Å². The first-order chi connectivity index (χ1) is 12.5. The highest BCUT2D eigenvalue weighted by molar-refractivity contribution is 7.15. The molecule has 0 aliphatic carbocycles. The van der Waals surface area contributed by atoms with Gasteiger partial charge in [0, 0.05) is 16.5 Å². The lowest BCUT2D eigenvalue weighted by Gasteiger charge is -2.08. The first-order valence-corrected chi connectivity index (χ1v) is 9.32. The fraction of sp³-hybridized carbons (Fsp3) is 0.167. The van der Waals surface area contributed by atoms with E-state index in [0.717, 1.165) is 16.1 Å². The molecule has 0 aliphatic heterocycles. The molecule has 0 spiro atoms. The highest BCUT2D eigenvalue weighted by Gasteiger charge is 2.10. The second-order valence-electron chi connectivity index (χ2n) is 5.55. The van der Waals surface area contributed by atoms with Gasteiger partial charge < -0.3 is 4.74 Å². The van der Waals surface area contributed by atoms with Gasteiger partial charge in [0.15, 0.2) is 6.61 Å². The monoisotopic (exact) mass is 407 g/mol. The molecule has 1 N–H and O–H groups in total. The Balaban J connectivity index is 1.53. The minimum Gasteiger partial charge on any atom is -0.483 e. The average Bonchev–Trinajstić information content (AvgIpc) is 3.03. The fourth-order valence-corrected chi connectivity index (χ4v) is 3.37. The summed E-state index contributed by atoms with van der Waals surface area (Å²) in [5, 5.41) is 13.3. The van der Waals surface area contributed by atoms with Crippen LogP contribution in [-0.4, -0.2) is 22.7 Å². The van der Waals surface area contributed by atoms with Gasteiger partial charge in [0.1, 0.15) is 10.8 Å². The second kappa shape index (κ2) is 8.49. The molecule has 3 rings (SSSR count). The maximum atomic E-state index is 12.0. The van der Waals surface area contributed by atoms with E-state index in [1.165, 1.54) is 11.3 Å². The second-order valence-corrected chi connectivity index (χ2v) is 7.49. The Morgan fingerprint density at radius 2 is 1.85 bits per heavy atom. The number of anilines is 1. The van der Waals surface area contributed by atoms with Gasteiger partial charge in [0.25, 0.3) is 5.91 Å². The molecular formula is C18H15Cl2N3O2S. The number of ether oxygens (including phenoxy) is 1. The molecule has 2 aromatic carbocycles. The number of carbonyl (C=O) groups is 1. The number of amides is 1. The number of carbonyl (C=O) groups excluding carboxylic acids is 1. The Kier molecular flexibility index (Phi) is 6.08. The van der Waals surface area contributed by atoms with Gasteiger partial charge in [-0.2, -0.15) is 0 Å². The quantitative estimate of drug-likeness (QED) is 0.639. The van der Waals surface area contributed by atoms with Crippen molar-refractivity contribution >= 4 is 45.6 Å². The lowest BCUT2D eigenvalue weighted by atomic mass is 10.2. The summed E-state index contributed by atoms with van der Waals surface area (Å²) >= 11 is 13.1. The Labute approximate surface area is 164 Å². The number of halogens is 2. The summed E-state index contributed by atoms with van der Waals surface area (Å²) in [6.07, 6.45) is 0.630. The fourth-order valence-electron chi connectivity index (χ4n) is 2.23. The maximum absolute atomic E-state index is 12.0. The average molecular weight is 408 g/mol. The minimum atomic E-state index is -0.298. The Hall–Kier alpha value is -2.15. The summed E-state index contributed by atoms with van der Waals surface area (Å²) in [4.78, 5) is 12.0. The van der Waals surface area contributed by atoms with Crippen molar-refractivity contribution in [3.63, 3.8) is 0 Å². The van der Waals surface area contributed by atoms with E-state index < -0.39 is 0 Å². The van der Waals surface area contributed by atoms with E-state index in [2.05, 4.69) is 15.5 Å². The summed E-state index contributed by atoms with van der Waals surface area (Å²) in [5.74, 6) is 0.318. The van der Waals surface area contributed by atoms with E-state index in [-0.39, 0.29) is 12.5 Å². The third-order valence-corrected chi connectivity index (χ3v) is 4.80. The van der Waals surface area contributed by atoms with E-state index in [1.54, 1.807) is 18.2 Å². The van der Waals surface area contributed by atoms with Gasteiger partial charge in [-0.05, 0) is 48.4 Å². The van der Waals surface area contributed by atoms with Gasteiger partial charge in [0.05, 0.1) is 0 Å². The molecule has 5 nitrogen and oxygen atoms in total. The van der Waals surface area contributed by atoms with Gasteiger partial charge in [-0.1, -0.05) is 46.7 Å². The third-order valence-electron chi connectivity index (χ3n) is 3.48. The van der Waals surface area contributed by atoms with Gasteiger partial charge in [-0.3, -0.25) is 10.1 Å². The van der Waals surface area contributed by atoms with Crippen LogP contribution in [0.15, 0.2) is 42.5 Å². The van der Waals surface area contributed by atoms with E-state index in [1.807, 2.05) is 31.2 Å². The molecule has 134 valence electrons. The smallest absolute Gasteiger partial charge is 0.264 e. The molecule has 1 aromatic heterocycles. The lowest BCUT2D eigenvalue weighted by Crippen LogP contribution is -2.20. The zero-order valence-electron chi connectivity index (χ0n) is 13.8. The number of aromatic nitrogens is 2. The van der Waals surface area contributed by atoms with Crippen LogP contribution in [0.25, 0.3) is 0 Å². The Morgan fingerprint density at radius 3 is 2.58 bits per heavy atom. The van der Waals surface area contributed by atoms with Crippen molar-refractivity contribution in [1.29, 1.82) is 0 Å². The van der Waals surface area contributed by atoms with Gasteiger partial charge in [-0.25, -0.2) is 0 Å². The highest BCUT2D eigenvalue weighted by atomic mass is 35.5. The number of hydrogen-bond donors (Lipinski definition) is 1. The van der Waals surface area contributed by atoms with Crippen molar-refractivity contribution in [2.24, 2.45) is 0 Å². The molecule has 26 heavy (non-hydrogen) atoms. The Bertz CT molecular complexity index is 913. The van der Waals surface area contributed by atoms with Crippen LogP contribution < -0.4 is 10.1 Å². The molecule has 0 saturated carbocycles. The first kappa shape index (κ1) is 18.6. The van der Waals surface area contributed by atoms with E-state index in [4.69, 9.17) is 27.9 Å². The van der Waals surface area contributed by atoms with Crippen molar-refractivity contribution in [3.8, 4) is 5.75 Å². The molecule has 1 heterocycles. The van der Waals surface area contributed by atoms with Crippen LogP contribution in [0.4, 0.5) is 5.13 Å². The SMILES string of the molecule is Cc1cc(Cl)ccc1OCC(=O)Nc1nnc(Cc2ccc(Cl)cc2)s1. The van der Waals surface area contributed by atoms with Crippen LogP contribution in [0.1, 0.15) is 16.1 Å². The molecule has 0 saturated heterocycles. The zero-order valence-corrected chi connectivity index (χ0v) is 16.2. The zero-order chi connectivity index (χ0) is 18.5. The molecule has 0 radical (unpaired) electrons. The predicted octanol–water partition coefficient (Wildman–Crippen LogP) is 4.76. The highest BCUT2D eigenvalue weighted by Crippen LogP contribution is 2.22. The van der Waals surface area contributed by atoms with E-state index in [9.17, 15) is 4.79 Å².